The van der Waals surface area contributed by atoms with Gasteiger partial charge in [-0.2, -0.15) is 5.01 Å². The fraction of sp³-hybridized carbons (Fsp3) is 0.303. The van der Waals surface area contributed by atoms with Crippen molar-refractivity contribution in [2.75, 3.05) is 18.8 Å². The first kappa shape index (κ1) is 32.9. The number of urea groups is 1. The van der Waals surface area contributed by atoms with Gasteiger partial charge in [0.1, 0.15) is 12.2 Å². The third kappa shape index (κ3) is 6.32. The van der Waals surface area contributed by atoms with Crippen LogP contribution in [0.15, 0.2) is 63.8 Å². The van der Waals surface area contributed by atoms with E-state index in [1.54, 1.807) is 51.2 Å². The molecule has 254 valence electrons. The molecule has 3 aromatic carbocycles. The molecule has 4 amide bonds. The van der Waals surface area contributed by atoms with Crippen molar-refractivity contribution in [3.8, 4) is 0 Å². The minimum Gasteiger partial charge on any atom is -0.408 e. The number of nitrogen functional groups attached to an aromatic ring is 1. The Bertz CT molecular complexity index is 2170. The molecule has 2 aliphatic rings. The van der Waals surface area contributed by atoms with E-state index >= 15 is 0 Å². The fourth-order valence-corrected chi connectivity index (χ4v) is 7.73. The predicted octanol–water partition coefficient (Wildman–Crippen LogP) is 4.58. The first-order valence-corrected chi connectivity index (χ1v) is 17.2. The number of halogens is 2. The van der Waals surface area contributed by atoms with Gasteiger partial charge in [0.25, 0.3) is 0 Å². The summed E-state index contributed by atoms with van der Waals surface area (Å²) in [6, 6.07) is 14.4. The Hall–Kier alpha value is -4.63. The van der Waals surface area contributed by atoms with E-state index in [4.69, 9.17) is 33.4 Å². The summed E-state index contributed by atoms with van der Waals surface area (Å²) < 4.78 is 6.06. The van der Waals surface area contributed by atoms with Crippen molar-refractivity contribution in [3.05, 3.63) is 91.9 Å². The highest BCUT2D eigenvalue weighted by molar-refractivity contribution is 7.22. The highest BCUT2D eigenvalue weighted by Gasteiger charge is 2.52. The van der Waals surface area contributed by atoms with Gasteiger partial charge in [0.2, 0.25) is 11.8 Å². The number of anilines is 1. The number of nitrogens with zero attached hydrogens (tertiary/aromatic N) is 5. The van der Waals surface area contributed by atoms with Crippen molar-refractivity contribution in [2.45, 2.75) is 51.6 Å². The number of oxazole rings is 1. The van der Waals surface area contributed by atoms with Crippen molar-refractivity contribution >= 4 is 78.8 Å². The lowest BCUT2D eigenvalue weighted by Crippen LogP contribution is -2.66. The van der Waals surface area contributed by atoms with Gasteiger partial charge in [0, 0.05) is 25.6 Å². The number of nitrogens with one attached hydrogen (secondary N) is 2. The predicted molar refractivity (Wildman–Crippen MR) is 187 cm³/mol. The summed E-state index contributed by atoms with van der Waals surface area (Å²) in [6.45, 7) is 4.18. The number of aromatic amines is 1. The zero-order chi connectivity index (χ0) is 34.6. The monoisotopic (exact) mass is 722 g/mol. The fourth-order valence-electron chi connectivity index (χ4n) is 6.63. The van der Waals surface area contributed by atoms with Crippen LogP contribution in [0.1, 0.15) is 30.5 Å². The number of hydrazine groups is 1. The first-order chi connectivity index (χ1) is 23.5. The summed E-state index contributed by atoms with van der Waals surface area (Å²) in [5, 5.41) is 7.43. The van der Waals surface area contributed by atoms with Crippen LogP contribution in [-0.4, -0.2) is 79.0 Å². The molecule has 2 fully saturated rings. The number of carbonyl (C=O) groups is 3. The number of thiazole rings is 1. The van der Waals surface area contributed by atoms with E-state index in [0.29, 0.717) is 26.3 Å². The number of H-pyrrole nitrogens is 1. The van der Waals surface area contributed by atoms with Gasteiger partial charge in [-0.1, -0.05) is 58.8 Å². The highest BCUT2D eigenvalue weighted by Crippen LogP contribution is 2.33. The summed E-state index contributed by atoms with van der Waals surface area (Å²) in [5.41, 5.74) is 9.93. The number of hydrogen-bond acceptors (Lipinski definition) is 9. The van der Waals surface area contributed by atoms with Crippen LogP contribution in [0.4, 0.5) is 9.93 Å². The molecular formula is C33H32Cl2N8O5S. The summed E-state index contributed by atoms with van der Waals surface area (Å²) >= 11 is 13.6. The molecule has 0 saturated carbocycles. The van der Waals surface area contributed by atoms with Gasteiger partial charge in [0.05, 0.1) is 38.9 Å². The van der Waals surface area contributed by atoms with Gasteiger partial charge < -0.3 is 25.3 Å². The number of rotatable bonds is 8. The largest absolute Gasteiger partial charge is 0.417 e. The quantitative estimate of drug-likeness (QED) is 0.210. The topological polar surface area (TPSA) is 161 Å². The number of fused-ring (bicyclic) bond motifs is 3. The van der Waals surface area contributed by atoms with Crippen LogP contribution in [0, 0.1) is 0 Å². The smallest absolute Gasteiger partial charge is 0.408 e. The molecule has 7 rings (SSSR count). The van der Waals surface area contributed by atoms with Crippen molar-refractivity contribution in [1.29, 1.82) is 0 Å². The number of piperazine rings is 1. The van der Waals surface area contributed by atoms with Gasteiger partial charge in [-0.05, 0) is 60.9 Å². The van der Waals surface area contributed by atoms with E-state index in [1.165, 1.54) is 16.3 Å². The molecule has 2 aliphatic heterocycles. The molecule has 2 saturated heterocycles. The number of nitrogens with two attached hydrogens (primary N) is 1. The molecule has 4 N–H and O–H groups in total. The van der Waals surface area contributed by atoms with Gasteiger partial charge in [-0.3, -0.25) is 19.6 Å². The van der Waals surface area contributed by atoms with Crippen LogP contribution in [0.5, 0.6) is 0 Å². The van der Waals surface area contributed by atoms with E-state index in [9.17, 15) is 19.2 Å². The number of benzene rings is 3. The van der Waals surface area contributed by atoms with Crippen molar-refractivity contribution in [3.63, 3.8) is 0 Å². The van der Waals surface area contributed by atoms with Gasteiger partial charge in [-0.25, -0.2) is 14.6 Å². The molecule has 49 heavy (non-hydrogen) atoms. The average Bonchev–Trinajstić information content (AvgIpc) is 3.72. The second kappa shape index (κ2) is 13.0. The molecule has 0 radical (unpaired) electrons. The lowest BCUT2D eigenvalue weighted by Gasteiger charge is -2.47. The van der Waals surface area contributed by atoms with E-state index < -0.39 is 24.0 Å². The van der Waals surface area contributed by atoms with Crippen LogP contribution in [0.2, 0.25) is 10.0 Å². The number of aromatic nitrogens is 2. The minimum atomic E-state index is -0.889. The van der Waals surface area contributed by atoms with Crippen LogP contribution < -0.4 is 16.8 Å². The third-order valence-corrected chi connectivity index (χ3v) is 10.3. The lowest BCUT2D eigenvalue weighted by atomic mass is 9.99. The Morgan fingerprint density at radius 3 is 2.69 bits per heavy atom. The molecule has 13 nitrogen and oxygen atoms in total. The Morgan fingerprint density at radius 2 is 1.92 bits per heavy atom. The van der Waals surface area contributed by atoms with Crippen molar-refractivity contribution in [2.24, 2.45) is 0 Å². The number of amides is 4. The SMILES string of the molecule is CC(C)N(C(=O)NCc1ccc(Cl)c(Cl)c1)N1CC(=O)N2[C@@H](Cc3ccc4oc(=O)[nH]c4c3)C(=O)N(Cc3cccc4sc(N)nc34)C[C@@H]21. The van der Waals surface area contributed by atoms with Crippen molar-refractivity contribution < 1.29 is 18.8 Å². The molecule has 0 aliphatic carbocycles. The zero-order valence-corrected chi connectivity index (χ0v) is 28.8. The third-order valence-electron chi connectivity index (χ3n) is 8.76. The Kier molecular flexibility index (Phi) is 8.73. The van der Waals surface area contributed by atoms with Crippen molar-refractivity contribution in [1.82, 2.24) is 35.1 Å². The van der Waals surface area contributed by atoms with Gasteiger partial charge >= 0.3 is 11.8 Å². The number of hydrogen-bond donors (Lipinski definition) is 3. The highest BCUT2D eigenvalue weighted by atomic mass is 35.5. The Labute approximate surface area is 294 Å². The normalized spacial score (nSPS) is 18.2. The summed E-state index contributed by atoms with van der Waals surface area (Å²) in [6.07, 6.45) is -0.473. The maximum absolute atomic E-state index is 14.4. The average molecular weight is 724 g/mol. The standard InChI is InChI=1S/C33H32Cl2N8O5S/c1-17(2)43(32(46)37-13-19-6-8-21(34)22(35)10-19)41-16-28(44)42-24(12-18-7-9-25-23(11-18)38-33(47)48-25)30(45)40(15-27(41)42)14-20-4-3-5-26-29(20)39-31(36)49-26/h3-11,17,24,27H,12-16H2,1-2H3,(H2,36,39)(H,37,46)(H,38,47)/t24-,27+/m0/s1. The summed E-state index contributed by atoms with van der Waals surface area (Å²) in [4.78, 5) is 64.3. The Balaban J connectivity index is 1.21. The van der Waals surface area contributed by atoms with E-state index in [0.717, 1.165) is 26.9 Å². The molecular weight excluding hydrogens is 691 g/mol. The molecule has 2 atom stereocenters. The first-order valence-electron chi connectivity index (χ1n) is 15.6. The van der Waals surface area contributed by atoms with Gasteiger partial charge in [0.15, 0.2) is 10.7 Å². The van der Waals surface area contributed by atoms with E-state index in [-0.39, 0.29) is 50.5 Å². The van der Waals surface area contributed by atoms with Crippen LogP contribution in [-0.2, 0) is 29.1 Å². The summed E-state index contributed by atoms with van der Waals surface area (Å²) in [5.74, 6) is -1.11. The van der Waals surface area contributed by atoms with E-state index in [2.05, 4.69) is 15.3 Å². The van der Waals surface area contributed by atoms with Crippen LogP contribution in [0.3, 0.4) is 0 Å². The summed E-state index contributed by atoms with van der Waals surface area (Å²) in [7, 11) is 0. The van der Waals surface area contributed by atoms with Crippen LogP contribution in [0.25, 0.3) is 21.3 Å². The number of carbonyl (C=O) groups excluding carboxylic acids is 3. The molecule has 5 aromatic rings. The van der Waals surface area contributed by atoms with Crippen LogP contribution >= 0.6 is 34.5 Å². The molecule has 4 heterocycles. The van der Waals surface area contributed by atoms with E-state index in [1.807, 2.05) is 32.0 Å². The maximum Gasteiger partial charge on any atom is 0.417 e. The lowest BCUT2D eigenvalue weighted by molar-refractivity contribution is -0.158. The molecule has 0 bridgehead atoms. The second-order valence-corrected chi connectivity index (χ2v) is 14.2. The van der Waals surface area contributed by atoms with Gasteiger partial charge in [-0.15, -0.1) is 0 Å². The Morgan fingerprint density at radius 1 is 1.12 bits per heavy atom. The zero-order valence-electron chi connectivity index (χ0n) is 26.5. The molecule has 2 aromatic heterocycles. The second-order valence-electron chi connectivity index (χ2n) is 12.3. The molecule has 16 heteroatoms. The minimum absolute atomic E-state index is 0.104. The molecule has 0 unspecified atom stereocenters. The maximum atomic E-state index is 14.4. The molecule has 0 spiro atoms. The number of para-hydroxylation sites is 1.